The van der Waals surface area contributed by atoms with Crippen molar-refractivity contribution in [3.63, 3.8) is 0 Å². The van der Waals surface area contributed by atoms with Gasteiger partial charge in [0.15, 0.2) is 5.96 Å². The third-order valence-electron chi connectivity index (χ3n) is 5.01. The highest BCUT2D eigenvalue weighted by atomic mass is 16.1. The molecule has 2 rings (SSSR count). The number of hydrogen-bond donors (Lipinski definition) is 2. The lowest BCUT2D eigenvalue weighted by Gasteiger charge is -2.33. The maximum absolute atomic E-state index is 12.3. The lowest BCUT2D eigenvalue weighted by molar-refractivity contribution is 0.0939. The predicted octanol–water partition coefficient (Wildman–Crippen LogP) is 3.41. The summed E-state index contributed by atoms with van der Waals surface area (Å²) in [6.07, 6.45) is 3.36. The number of benzene rings is 1. The summed E-state index contributed by atoms with van der Waals surface area (Å²) < 4.78 is 0. The summed E-state index contributed by atoms with van der Waals surface area (Å²) in [5, 5.41) is 6.42. The molecule has 1 unspecified atom stereocenters. The van der Waals surface area contributed by atoms with Crippen molar-refractivity contribution in [3.8, 4) is 0 Å². The van der Waals surface area contributed by atoms with Crippen molar-refractivity contribution in [2.45, 2.75) is 59.5 Å². The molecule has 0 spiro atoms. The van der Waals surface area contributed by atoms with E-state index in [1.165, 1.54) is 12.8 Å². The molecule has 5 heteroatoms. The molecule has 0 saturated carbocycles. The first-order valence-electron chi connectivity index (χ1n) is 9.96. The van der Waals surface area contributed by atoms with Crippen LogP contribution in [0.2, 0.25) is 0 Å². The molecule has 1 fully saturated rings. The van der Waals surface area contributed by atoms with Gasteiger partial charge in [0.2, 0.25) is 0 Å². The Balaban J connectivity index is 2.04. The van der Waals surface area contributed by atoms with Crippen molar-refractivity contribution < 1.29 is 4.79 Å². The number of guanidine groups is 1. The van der Waals surface area contributed by atoms with Gasteiger partial charge in [0, 0.05) is 31.2 Å². The third-order valence-corrected chi connectivity index (χ3v) is 5.01. The maximum Gasteiger partial charge on any atom is 0.251 e. The lowest BCUT2D eigenvalue weighted by Crippen LogP contribution is -2.45. The van der Waals surface area contributed by atoms with Crippen LogP contribution in [0.15, 0.2) is 29.3 Å². The van der Waals surface area contributed by atoms with E-state index in [2.05, 4.69) is 36.3 Å². The Morgan fingerprint density at radius 3 is 2.69 bits per heavy atom. The first kappa shape index (κ1) is 20.3. The number of rotatable bonds is 6. The van der Waals surface area contributed by atoms with Crippen molar-refractivity contribution in [2.24, 2.45) is 10.9 Å². The highest BCUT2D eigenvalue weighted by Crippen LogP contribution is 2.16. The summed E-state index contributed by atoms with van der Waals surface area (Å²) in [6.45, 7) is 12.1. The first-order valence-corrected chi connectivity index (χ1v) is 9.96. The normalized spacial score (nSPS) is 17.1. The van der Waals surface area contributed by atoms with E-state index in [1.54, 1.807) is 0 Å². The van der Waals surface area contributed by atoms with Gasteiger partial charge in [0.25, 0.3) is 5.91 Å². The highest BCUT2D eigenvalue weighted by molar-refractivity contribution is 5.94. The largest absolute Gasteiger partial charge is 0.357 e. The van der Waals surface area contributed by atoms with E-state index in [0.29, 0.717) is 12.1 Å². The van der Waals surface area contributed by atoms with Crippen molar-refractivity contribution >= 4 is 11.9 Å². The minimum absolute atomic E-state index is 0.0119. The smallest absolute Gasteiger partial charge is 0.251 e. The van der Waals surface area contributed by atoms with Gasteiger partial charge in [-0.25, -0.2) is 4.99 Å². The fourth-order valence-corrected chi connectivity index (χ4v) is 3.03. The zero-order valence-corrected chi connectivity index (χ0v) is 16.7. The van der Waals surface area contributed by atoms with Crippen molar-refractivity contribution in [3.05, 3.63) is 35.4 Å². The molecule has 1 aromatic carbocycles. The number of aliphatic imine (C=N–C) groups is 1. The second-order valence-corrected chi connectivity index (χ2v) is 7.32. The van der Waals surface area contributed by atoms with Gasteiger partial charge < -0.3 is 15.5 Å². The van der Waals surface area contributed by atoms with E-state index >= 15 is 0 Å². The quantitative estimate of drug-likeness (QED) is 0.605. The van der Waals surface area contributed by atoms with Crippen LogP contribution in [0.5, 0.6) is 0 Å². The highest BCUT2D eigenvalue weighted by Gasteiger charge is 2.18. The van der Waals surface area contributed by atoms with E-state index < -0.39 is 0 Å². The molecule has 0 aromatic heterocycles. The SMILES string of the molecule is CCNC(=NCc1cccc(C(=O)NC(C)CC)c1)N1CCC(C)CC1. The van der Waals surface area contributed by atoms with Gasteiger partial charge >= 0.3 is 0 Å². The Labute approximate surface area is 158 Å². The summed E-state index contributed by atoms with van der Waals surface area (Å²) in [5.74, 6) is 1.77. The Morgan fingerprint density at radius 1 is 1.31 bits per heavy atom. The fraction of sp³-hybridized carbons (Fsp3) is 0.619. The molecule has 0 aliphatic carbocycles. The third kappa shape index (κ3) is 6.04. The molecule has 1 aliphatic heterocycles. The zero-order chi connectivity index (χ0) is 18.9. The first-order chi connectivity index (χ1) is 12.5. The van der Waals surface area contributed by atoms with Gasteiger partial charge in [-0.2, -0.15) is 0 Å². The average molecular weight is 359 g/mol. The summed E-state index contributed by atoms with van der Waals surface area (Å²) in [4.78, 5) is 19.5. The van der Waals surface area contributed by atoms with Crippen LogP contribution in [0.1, 0.15) is 62.9 Å². The van der Waals surface area contributed by atoms with E-state index in [4.69, 9.17) is 4.99 Å². The molecular weight excluding hydrogens is 324 g/mol. The monoisotopic (exact) mass is 358 g/mol. The van der Waals surface area contributed by atoms with Crippen LogP contribution in [-0.4, -0.2) is 42.4 Å². The van der Waals surface area contributed by atoms with Gasteiger partial charge in [-0.05, 0) is 56.7 Å². The van der Waals surface area contributed by atoms with Crippen LogP contribution in [0.3, 0.4) is 0 Å². The molecule has 26 heavy (non-hydrogen) atoms. The van der Waals surface area contributed by atoms with Crippen LogP contribution < -0.4 is 10.6 Å². The molecular formula is C21H34N4O. The second kappa shape index (κ2) is 10.2. The van der Waals surface area contributed by atoms with E-state index in [-0.39, 0.29) is 11.9 Å². The molecule has 0 radical (unpaired) electrons. The molecule has 1 heterocycles. The Bertz CT molecular complexity index is 606. The average Bonchev–Trinajstić information content (AvgIpc) is 2.66. The van der Waals surface area contributed by atoms with Crippen molar-refractivity contribution in [2.75, 3.05) is 19.6 Å². The van der Waals surface area contributed by atoms with Crippen LogP contribution in [0.4, 0.5) is 0 Å². The number of piperidine rings is 1. The Kier molecular flexibility index (Phi) is 7.95. The summed E-state index contributed by atoms with van der Waals surface area (Å²) in [5.41, 5.74) is 1.76. The maximum atomic E-state index is 12.3. The van der Waals surface area contributed by atoms with E-state index in [0.717, 1.165) is 43.5 Å². The number of amides is 1. The summed E-state index contributed by atoms with van der Waals surface area (Å²) in [7, 11) is 0. The number of nitrogens with one attached hydrogen (secondary N) is 2. The van der Waals surface area contributed by atoms with Crippen molar-refractivity contribution in [1.29, 1.82) is 0 Å². The molecule has 1 aromatic rings. The number of carbonyl (C=O) groups is 1. The molecule has 0 bridgehead atoms. The molecule has 1 aliphatic rings. The van der Waals surface area contributed by atoms with E-state index in [1.807, 2.05) is 31.2 Å². The van der Waals surface area contributed by atoms with Crippen LogP contribution in [0.25, 0.3) is 0 Å². The van der Waals surface area contributed by atoms with Gasteiger partial charge in [0.05, 0.1) is 6.54 Å². The standard InChI is InChI=1S/C21H34N4O/c1-5-17(4)24-20(26)19-9-7-8-18(14-19)15-23-21(22-6-2)25-12-10-16(3)11-13-25/h7-9,14,16-17H,5-6,10-13,15H2,1-4H3,(H,22,23)(H,24,26). The molecule has 5 nitrogen and oxygen atoms in total. The summed E-state index contributed by atoms with van der Waals surface area (Å²) in [6, 6.07) is 7.97. The Morgan fingerprint density at radius 2 is 2.04 bits per heavy atom. The van der Waals surface area contributed by atoms with E-state index in [9.17, 15) is 4.79 Å². The van der Waals surface area contributed by atoms with Crippen LogP contribution >= 0.6 is 0 Å². The summed E-state index contributed by atoms with van der Waals surface area (Å²) >= 11 is 0. The number of likely N-dealkylation sites (tertiary alicyclic amines) is 1. The van der Waals surface area contributed by atoms with Crippen LogP contribution in [-0.2, 0) is 6.54 Å². The fourth-order valence-electron chi connectivity index (χ4n) is 3.03. The van der Waals surface area contributed by atoms with Gasteiger partial charge in [0.1, 0.15) is 0 Å². The van der Waals surface area contributed by atoms with Gasteiger partial charge in [-0.3, -0.25) is 4.79 Å². The zero-order valence-electron chi connectivity index (χ0n) is 16.7. The molecule has 1 saturated heterocycles. The van der Waals surface area contributed by atoms with Gasteiger partial charge in [-0.15, -0.1) is 0 Å². The Hall–Kier alpha value is -2.04. The molecule has 2 N–H and O–H groups in total. The van der Waals surface area contributed by atoms with Crippen LogP contribution in [0, 0.1) is 5.92 Å². The number of carbonyl (C=O) groups excluding carboxylic acids is 1. The number of nitrogens with zero attached hydrogens (tertiary/aromatic N) is 2. The molecule has 1 amide bonds. The topological polar surface area (TPSA) is 56.7 Å². The number of hydrogen-bond acceptors (Lipinski definition) is 2. The minimum Gasteiger partial charge on any atom is -0.357 e. The molecule has 144 valence electrons. The lowest BCUT2D eigenvalue weighted by atomic mass is 10.00. The molecule has 1 atom stereocenters. The predicted molar refractivity (Wildman–Crippen MR) is 108 cm³/mol. The minimum atomic E-state index is -0.0119. The van der Waals surface area contributed by atoms with Crippen molar-refractivity contribution in [1.82, 2.24) is 15.5 Å². The van der Waals surface area contributed by atoms with Gasteiger partial charge in [-0.1, -0.05) is 26.0 Å². The second-order valence-electron chi connectivity index (χ2n) is 7.32.